The number of carbonyl (C=O) groups is 1. The average molecular weight is 555 g/mol. The highest BCUT2D eigenvalue weighted by Gasteiger charge is 2.26. The SMILES string of the molecule is CC#Cc1cccc(-c2ccc(CN(Cc3cccc(NCC(=O)OCC)n3)S(=O)(=O)c3ccccn3)cc2)c1. The molecule has 8 nitrogen and oxygen atoms in total. The maximum Gasteiger partial charge on any atom is 0.325 e. The molecule has 9 heteroatoms. The Labute approximate surface area is 235 Å². The number of ether oxygens (including phenoxy) is 1. The Morgan fingerprint density at radius 2 is 1.75 bits per heavy atom. The molecule has 0 bridgehead atoms. The Morgan fingerprint density at radius 3 is 2.48 bits per heavy atom. The van der Waals surface area contributed by atoms with Crippen LogP contribution in [0.3, 0.4) is 0 Å². The van der Waals surface area contributed by atoms with Crippen LogP contribution in [0.15, 0.2) is 96.2 Å². The molecule has 0 aliphatic rings. The van der Waals surface area contributed by atoms with Crippen molar-refractivity contribution in [2.24, 2.45) is 0 Å². The second kappa shape index (κ2) is 13.5. The van der Waals surface area contributed by atoms with Gasteiger partial charge in [-0.3, -0.25) is 4.79 Å². The summed E-state index contributed by atoms with van der Waals surface area (Å²) in [4.78, 5) is 20.3. The van der Waals surface area contributed by atoms with Gasteiger partial charge in [-0.2, -0.15) is 4.31 Å². The van der Waals surface area contributed by atoms with E-state index in [2.05, 4.69) is 27.1 Å². The van der Waals surface area contributed by atoms with Crippen LogP contribution in [0.25, 0.3) is 11.1 Å². The fourth-order valence-electron chi connectivity index (χ4n) is 4.01. The van der Waals surface area contributed by atoms with Crippen LogP contribution in [0.4, 0.5) is 5.82 Å². The van der Waals surface area contributed by atoms with Crippen LogP contribution in [0.5, 0.6) is 0 Å². The van der Waals surface area contributed by atoms with Gasteiger partial charge in [-0.15, -0.1) is 5.92 Å². The number of carbonyl (C=O) groups excluding carboxylic acids is 1. The van der Waals surface area contributed by atoms with Crippen LogP contribution >= 0.6 is 0 Å². The van der Waals surface area contributed by atoms with Crippen molar-refractivity contribution in [2.75, 3.05) is 18.5 Å². The van der Waals surface area contributed by atoms with Gasteiger partial charge in [0.15, 0.2) is 5.03 Å². The number of anilines is 1. The lowest BCUT2D eigenvalue weighted by Gasteiger charge is -2.22. The Kier molecular flexibility index (Phi) is 9.62. The van der Waals surface area contributed by atoms with Gasteiger partial charge >= 0.3 is 5.97 Å². The fraction of sp³-hybridized carbons (Fsp3) is 0.194. The number of rotatable bonds is 11. The van der Waals surface area contributed by atoms with E-state index in [1.165, 1.54) is 16.6 Å². The third-order valence-corrected chi connectivity index (χ3v) is 7.59. The first-order chi connectivity index (χ1) is 19.4. The van der Waals surface area contributed by atoms with Crippen molar-refractivity contribution in [3.8, 4) is 23.0 Å². The molecule has 40 heavy (non-hydrogen) atoms. The van der Waals surface area contributed by atoms with Crippen molar-refractivity contribution in [3.63, 3.8) is 0 Å². The largest absolute Gasteiger partial charge is 0.465 e. The number of esters is 1. The molecule has 0 fully saturated rings. The van der Waals surface area contributed by atoms with E-state index in [4.69, 9.17) is 4.74 Å². The van der Waals surface area contributed by atoms with E-state index in [-0.39, 0.29) is 31.3 Å². The third kappa shape index (κ3) is 7.53. The zero-order valence-electron chi connectivity index (χ0n) is 22.4. The first kappa shape index (κ1) is 28.5. The smallest absolute Gasteiger partial charge is 0.325 e. The fourth-order valence-corrected chi connectivity index (χ4v) is 5.34. The molecule has 4 rings (SSSR count). The van der Waals surface area contributed by atoms with Gasteiger partial charge in [0.2, 0.25) is 0 Å². The molecule has 0 amide bonds. The standard InChI is InChI=1S/C31H30N4O4S/c1-3-9-24-10-7-11-27(20-24)26-17-15-25(16-18-26)22-35(40(37,38)30-14-5-6-19-32-30)23-28-12-8-13-29(34-28)33-21-31(36)39-4-2/h5-8,10-20H,4,21-23H2,1-2H3,(H,33,34). The third-order valence-electron chi connectivity index (χ3n) is 5.88. The topological polar surface area (TPSA) is 101 Å². The minimum Gasteiger partial charge on any atom is -0.465 e. The molecule has 0 saturated carbocycles. The van der Waals surface area contributed by atoms with Gasteiger partial charge in [0.05, 0.1) is 18.8 Å². The van der Waals surface area contributed by atoms with E-state index in [9.17, 15) is 13.2 Å². The molecule has 204 valence electrons. The molecule has 0 saturated heterocycles. The molecule has 1 N–H and O–H groups in total. The number of nitrogens with one attached hydrogen (secondary N) is 1. The van der Waals surface area contributed by atoms with Crippen molar-refractivity contribution in [2.45, 2.75) is 32.0 Å². The predicted octanol–water partition coefficient (Wildman–Crippen LogP) is 4.88. The molecule has 0 spiro atoms. The number of nitrogens with zero attached hydrogens (tertiary/aromatic N) is 3. The molecule has 2 aromatic carbocycles. The van der Waals surface area contributed by atoms with E-state index < -0.39 is 16.0 Å². The molecule has 0 aliphatic carbocycles. The van der Waals surface area contributed by atoms with Gasteiger partial charge in [0.1, 0.15) is 12.4 Å². The van der Waals surface area contributed by atoms with Crippen LogP contribution < -0.4 is 5.32 Å². The van der Waals surface area contributed by atoms with Crippen LogP contribution in [0, 0.1) is 11.8 Å². The number of hydrogen-bond acceptors (Lipinski definition) is 7. The zero-order chi connectivity index (χ0) is 28.4. The van der Waals surface area contributed by atoms with Crippen molar-refractivity contribution >= 4 is 21.8 Å². The van der Waals surface area contributed by atoms with Crippen LogP contribution in [-0.2, 0) is 32.6 Å². The molecule has 0 aliphatic heterocycles. The highest BCUT2D eigenvalue weighted by Crippen LogP contribution is 2.24. The molecule has 4 aromatic rings. The van der Waals surface area contributed by atoms with Gasteiger partial charge in [-0.1, -0.05) is 54.5 Å². The second-order valence-electron chi connectivity index (χ2n) is 8.77. The van der Waals surface area contributed by atoms with Gasteiger partial charge in [0.25, 0.3) is 10.0 Å². The van der Waals surface area contributed by atoms with Crippen molar-refractivity contribution in [1.29, 1.82) is 0 Å². The highest BCUT2D eigenvalue weighted by atomic mass is 32.2. The maximum absolute atomic E-state index is 13.6. The summed E-state index contributed by atoms with van der Waals surface area (Å²) in [5.74, 6) is 6.03. The molecule has 0 unspecified atom stereocenters. The van der Waals surface area contributed by atoms with E-state index in [1.54, 1.807) is 44.2 Å². The summed E-state index contributed by atoms with van der Waals surface area (Å²) in [7, 11) is -3.95. The highest BCUT2D eigenvalue weighted by molar-refractivity contribution is 7.89. The van der Waals surface area contributed by atoms with E-state index in [1.807, 2.05) is 48.5 Å². The van der Waals surface area contributed by atoms with E-state index in [0.717, 1.165) is 22.3 Å². The Bertz CT molecular complexity index is 1610. The second-order valence-corrected chi connectivity index (χ2v) is 10.7. The monoisotopic (exact) mass is 554 g/mol. The Balaban J connectivity index is 1.58. The van der Waals surface area contributed by atoms with Crippen molar-refractivity contribution in [3.05, 3.63) is 108 Å². The predicted molar refractivity (Wildman–Crippen MR) is 154 cm³/mol. The summed E-state index contributed by atoms with van der Waals surface area (Å²) < 4.78 is 33.6. The quantitative estimate of drug-likeness (QED) is 0.208. The minimum atomic E-state index is -3.95. The first-order valence-corrected chi connectivity index (χ1v) is 14.2. The maximum atomic E-state index is 13.6. The summed E-state index contributed by atoms with van der Waals surface area (Å²) in [6.07, 6.45) is 1.45. The Morgan fingerprint density at radius 1 is 0.950 bits per heavy atom. The van der Waals surface area contributed by atoms with Crippen LogP contribution in [0.2, 0.25) is 0 Å². The van der Waals surface area contributed by atoms with Gasteiger partial charge in [0, 0.05) is 18.3 Å². The summed E-state index contributed by atoms with van der Waals surface area (Å²) >= 11 is 0. The lowest BCUT2D eigenvalue weighted by atomic mass is 10.0. The summed E-state index contributed by atoms with van der Waals surface area (Å²) in [5, 5.41) is 2.88. The van der Waals surface area contributed by atoms with Crippen molar-refractivity contribution in [1.82, 2.24) is 14.3 Å². The minimum absolute atomic E-state index is 0.00726. The summed E-state index contributed by atoms with van der Waals surface area (Å²) in [6, 6.07) is 25.7. The zero-order valence-corrected chi connectivity index (χ0v) is 23.2. The number of pyridine rings is 2. The molecule has 2 heterocycles. The van der Waals surface area contributed by atoms with Gasteiger partial charge in [-0.25, -0.2) is 18.4 Å². The average Bonchev–Trinajstić information content (AvgIpc) is 2.97. The molecular formula is C31H30N4O4S. The first-order valence-electron chi connectivity index (χ1n) is 12.8. The number of aromatic nitrogens is 2. The summed E-state index contributed by atoms with van der Waals surface area (Å²) in [6.45, 7) is 3.91. The van der Waals surface area contributed by atoms with Gasteiger partial charge < -0.3 is 10.1 Å². The molecular weight excluding hydrogens is 524 g/mol. The number of sulfonamides is 1. The van der Waals surface area contributed by atoms with Crippen molar-refractivity contribution < 1.29 is 17.9 Å². The molecule has 0 radical (unpaired) electrons. The number of hydrogen-bond donors (Lipinski definition) is 1. The van der Waals surface area contributed by atoms with Crippen LogP contribution in [0.1, 0.15) is 30.7 Å². The van der Waals surface area contributed by atoms with Gasteiger partial charge in [-0.05, 0) is 66.9 Å². The van der Waals surface area contributed by atoms with E-state index in [0.29, 0.717) is 11.5 Å². The normalized spacial score (nSPS) is 11.0. The number of benzene rings is 2. The summed E-state index contributed by atoms with van der Waals surface area (Å²) in [5.41, 5.74) is 4.29. The lowest BCUT2D eigenvalue weighted by Crippen LogP contribution is -2.31. The Hall–Kier alpha value is -4.52. The molecule has 0 atom stereocenters. The van der Waals surface area contributed by atoms with Crippen LogP contribution in [-0.4, -0.2) is 41.8 Å². The molecule has 2 aromatic heterocycles. The van der Waals surface area contributed by atoms with E-state index >= 15 is 0 Å². The lowest BCUT2D eigenvalue weighted by molar-refractivity contribution is -0.140.